The maximum atomic E-state index is 14.8. The van der Waals surface area contributed by atoms with Crippen LogP contribution in [0.2, 0.25) is 5.02 Å². The number of alkyl halides is 3. The summed E-state index contributed by atoms with van der Waals surface area (Å²) in [5.41, 5.74) is -0.375. The number of halogens is 5. The van der Waals surface area contributed by atoms with E-state index in [-0.39, 0.29) is 33.3 Å². The average molecular weight is 433 g/mol. The summed E-state index contributed by atoms with van der Waals surface area (Å²) >= 11 is 5.91. The molecule has 5 nitrogen and oxygen atoms in total. The molecular formula is C19H17ClF4N2O3. The minimum absolute atomic E-state index is 0.00213. The first-order chi connectivity index (χ1) is 13.7. The van der Waals surface area contributed by atoms with Gasteiger partial charge >= 0.3 is 6.18 Å². The van der Waals surface area contributed by atoms with Crippen LogP contribution in [0.15, 0.2) is 30.3 Å². The Morgan fingerprint density at radius 1 is 1.17 bits per heavy atom. The lowest BCUT2D eigenvalue weighted by atomic mass is 10.0. The van der Waals surface area contributed by atoms with Crippen LogP contribution in [0.25, 0.3) is 0 Å². The molecule has 0 fully saturated rings. The first-order valence-electron chi connectivity index (χ1n) is 8.45. The molecule has 1 unspecified atom stereocenters. The lowest BCUT2D eigenvalue weighted by Crippen LogP contribution is -2.40. The van der Waals surface area contributed by atoms with E-state index < -0.39 is 37.0 Å². The van der Waals surface area contributed by atoms with Gasteiger partial charge in [0.15, 0.2) is 11.6 Å². The molecule has 0 saturated carbocycles. The highest BCUT2D eigenvalue weighted by Gasteiger charge is 2.48. The summed E-state index contributed by atoms with van der Waals surface area (Å²) in [5.74, 6) is -1.63. The number of anilines is 1. The van der Waals surface area contributed by atoms with Gasteiger partial charge in [-0.2, -0.15) is 13.2 Å². The Kier molecular flexibility index (Phi) is 5.90. The van der Waals surface area contributed by atoms with Gasteiger partial charge in [-0.3, -0.25) is 9.69 Å². The van der Waals surface area contributed by atoms with Crippen LogP contribution in [0.5, 0.6) is 11.5 Å². The third kappa shape index (κ3) is 4.25. The van der Waals surface area contributed by atoms with Crippen molar-refractivity contribution >= 4 is 23.2 Å². The van der Waals surface area contributed by atoms with Gasteiger partial charge in [0.2, 0.25) is 5.91 Å². The molecule has 0 saturated heterocycles. The van der Waals surface area contributed by atoms with Gasteiger partial charge in [-0.05, 0) is 30.3 Å². The van der Waals surface area contributed by atoms with E-state index >= 15 is 0 Å². The Balaban J connectivity index is 2.14. The number of rotatable bonds is 4. The van der Waals surface area contributed by atoms with E-state index in [0.717, 1.165) is 11.0 Å². The smallest absolute Gasteiger partial charge is 0.408 e. The van der Waals surface area contributed by atoms with Crippen molar-refractivity contribution in [1.29, 1.82) is 0 Å². The van der Waals surface area contributed by atoms with Gasteiger partial charge in [-0.15, -0.1) is 0 Å². The third-order valence-electron chi connectivity index (χ3n) is 4.57. The van der Waals surface area contributed by atoms with Crippen LogP contribution in [0.1, 0.15) is 17.2 Å². The standard InChI is InChI=1S/C19H17ClF4N2O3/c1-28-14-5-6-15(29-2)17(21)12(14)8-26-9-16(27)25-13-4-3-10(20)7-11(13)18(26)19(22,23)24/h3-7,18H,8-9H2,1-2H3,(H,25,27). The van der Waals surface area contributed by atoms with Crippen molar-refractivity contribution in [2.75, 3.05) is 26.1 Å². The number of amides is 1. The fraction of sp³-hybridized carbons (Fsp3) is 0.316. The highest BCUT2D eigenvalue weighted by Crippen LogP contribution is 2.44. The van der Waals surface area contributed by atoms with Crippen LogP contribution in [0, 0.1) is 5.82 Å². The predicted octanol–water partition coefficient (Wildman–Crippen LogP) is 4.55. The molecule has 1 aliphatic rings. The molecule has 2 aromatic rings. The zero-order chi connectivity index (χ0) is 21.3. The number of hydrogen-bond acceptors (Lipinski definition) is 4. The quantitative estimate of drug-likeness (QED) is 0.720. The van der Waals surface area contributed by atoms with Crippen LogP contribution in [-0.2, 0) is 11.3 Å². The number of carbonyl (C=O) groups excluding carboxylic acids is 1. The fourth-order valence-electron chi connectivity index (χ4n) is 3.35. The predicted molar refractivity (Wildman–Crippen MR) is 98.8 cm³/mol. The summed E-state index contributed by atoms with van der Waals surface area (Å²) in [6.45, 7) is -1.16. The van der Waals surface area contributed by atoms with Gasteiger partial charge in [0, 0.05) is 28.4 Å². The number of fused-ring (bicyclic) bond motifs is 1. The molecule has 0 aromatic heterocycles. The SMILES string of the molecule is COc1ccc(OC)c(CN2CC(=O)Nc3ccc(Cl)cc3C2C(F)(F)F)c1F. The molecule has 1 atom stereocenters. The van der Waals surface area contributed by atoms with Crippen molar-refractivity contribution < 1.29 is 31.8 Å². The van der Waals surface area contributed by atoms with Crippen molar-refractivity contribution in [3.63, 3.8) is 0 Å². The normalized spacial score (nSPS) is 17.3. The Morgan fingerprint density at radius 3 is 2.45 bits per heavy atom. The molecule has 0 radical (unpaired) electrons. The van der Waals surface area contributed by atoms with Gasteiger partial charge in [0.05, 0.1) is 20.8 Å². The molecule has 1 heterocycles. The first-order valence-corrected chi connectivity index (χ1v) is 8.83. The first kappa shape index (κ1) is 21.2. The van der Waals surface area contributed by atoms with E-state index in [4.69, 9.17) is 21.1 Å². The Bertz CT molecular complexity index is 936. The second kappa shape index (κ2) is 8.08. The number of nitrogens with one attached hydrogen (secondary N) is 1. The second-order valence-corrected chi connectivity index (χ2v) is 6.83. The molecule has 2 aromatic carbocycles. The molecule has 3 rings (SSSR count). The van der Waals surface area contributed by atoms with E-state index in [9.17, 15) is 22.4 Å². The van der Waals surface area contributed by atoms with Crippen molar-refractivity contribution in [3.8, 4) is 11.5 Å². The van der Waals surface area contributed by atoms with E-state index in [1.807, 2.05) is 0 Å². The molecule has 0 bridgehead atoms. The summed E-state index contributed by atoms with van der Waals surface area (Å²) in [7, 11) is 2.51. The van der Waals surface area contributed by atoms with E-state index in [1.54, 1.807) is 0 Å². The summed E-state index contributed by atoms with van der Waals surface area (Å²) < 4.78 is 67.1. The van der Waals surface area contributed by atoms with Crippen LogP contribution in [0.3, 0.4) is 0 Å². The van der Waals surface area contributed by atoms with Gasteiger partial charge in [0.25, 0.3) is 0 Å². The third-order valence-corrected chi connectivity index (χ3v) is 4.81. The molecule has 1 N–H and O–H groups in total. The summed E-state index contributed by atoms with van der Waals surface area (Å²) in [6, 6.07) is 4.35. The van der Waals surface area contributed by atoms with Gasteiger partial charge in [0.1, 0.15) is 11.8 Å². The maximum absolute atomic E-state index is 14.8. The van der Waals surface area contributed by atoms with E-state index in [0.29, 0.717) is 0 Å². The minimum atomic E-state index is -4.76. The topological polar surface area (TPSA) is 50.8 Å². The summed E-state index contributed by atoms with van der Waals surface area (Å²) in [4.78, 5) is 13.1. The second-order valence-electron chi connectivity index (χ2n) is 6.39. The number of nitrogens with zero attached hydrogens (tertiary/aromatic N) is 1. The Morgan fingerprint density at radius 2 is 1.83 bits per heavy atom. The van der Waals surface area contributed by atoms with Crippen molar-refractivity contribution in [1.82, 2.24) is 4.90 Å². The monoisotopic (exact) mass is 432 g/mol. The van der Waals surface area contributed by atoms with Crippen LogP contribution in [0.4, 0.5) is 23.2 Å². The number of carbonyl (C=O) groups is 1. The Hall–Kier alpha value is -2.52. The molecule has 29 heavy (non-hydrogen) atoms. The van der Waals surface area contributed by atoms with Crippen molar-refractivity contribution in [3.05, 3.63) is 52.3 Å². The number of benzene rings is 2. The number of hydrogen-bond donors (Lipinski definition) is 1. The minimum Gasteiger partial charge on any atom is -0.496 e. The molecule has 0 aliphatic carbocycles. The maximum Gasteiger partial charge on any atom is 0.408 e. The Labute approximate surface area is 169 Å². The molecule has 156 valence electrons. The van der Waals surface area contributed by atoms with Crippen molar-refractivity contribution in [2.24, 2.45) is 0 Å². The van der Waals surface area contributed by atoms with Gasteiger partial charge in [-0.25, -0.2) is 4.39 Å². The molecule has 10 heteroatoms. The lowest BCUT2D eigenvalue weighted by molar-refractivity contribution is -0.187. The van der Waals surface area contributed by atoms with Crippen LogP contribution < -0.4 is 14.8 Å². The number of methoxy groups -OCH3 is 2. The van der Waals surface area contributed by atoms with Crippen LogP contribution >= 0.6 is 11.6 Å². The van der Waals surface area contributed by atoms with Crippen LogP contribution in [-0.4, -0.2) is 37.7 Å². The largest absolute Gasteiger partial charge is 0.496 e. The molecule has 1 amide bonds. The van der Waals surface area contributed by atoms with E-state index in [2.05, 4.69) is 5.32 Å². The van der Waals surface area contributed by atoms with Crippen molar-refractivity contribution in [2.45, 2.75) is 18.8 Å². The lowest BCUT2D eigenvalue weighted by Gasteiger charge is -2.32. The molecule has 1 aliphatic heterocycles. The number of ether oxygens (including phenoxy) is 2. The summed E-state index contributed by atoms with van der Waals surface area (Å²) in [5, 5.41) is 2.53. The highest BCUT2D eigenvalue weighted by molar-refractivity contribution is 6.30. The summed E-state index contributed by atoms with van der Waals surface area (Å²) in [6.07, 6.45) is -4.76. The highest BCUT2D eigenvalue weighted by atomic mass is 35.5. The molecular weight excluding hydrogens is 416 g/mol. The average Bonchev–Trinajstić information content (AvgIpc) is 2.77. The molecule has 0 spiro atoms. The fourth-order valence-corrected chi connectivity index (χ4v) is 3.53. The van der Waals surface area contributed by atoms with E-state index in [1.165, 1.54) is 38.5 Å². The van der Waals surface area contributed by atoms with Gasteiger partial charge in [-0.1, -0.05) is 11.6 Å². The van der Waals surface area contributed by atoms with Gasteiger partial charge < -0.3 is 14.8 Å². The zero-order valence-corrected chi connectivity index (χ0v) is 16.2. The zero-order valence-electron chi connectivity index (χ0n) is 15.4.